The van der Waals surface area contributed by atoms with Crippen LogP contribution in [-0.4, -0.2) is 38.2 Å². The van der Waals surface area contributed by atoms with Crippen molar-refractivity contribution < 1.29 is 22.4 Å². The number of rotatable bonds is 7. The molecule has 0 unspecified atom stereocenters. The van der Waals surface area contributed by atoms with E-state index in [0.717, 1.165) is 5.56 Å². The van der Waals surface area contributed by atoms with Gasteiger partial charge in [-0.25, -0.2) is 8.42 Å². The van der Waals surface area contributed by atoms with Crippen molar-refractivity contribution >= 4 is 27.5 Å². The first-order chi connectivity index (χ1) is 16.7. The summed E-state index contributed by atoms with van der Waals surface area (Å²) >= 11 is 0. The molecule has 184 valence electrons. The Balaban J connectivity index is 1.36. The van der Waals surface area contributed by atoms with Crippen LogP contribution in [0.15, 0.2) is 70.2 Å². The standard InChI is InChI=1S/C26H29N3O5S/c1-18-8-9-24(19(2)15-18)35(32,33)28-22-6-3-5-21(16-22)26(31)29-12-10-20(11-13-29)25(30)27-17-23-7-4-14-34-23/h3-9,14-16,20,28H,10-13,17H2,1-2H3,(H,27,30). The number of likely N-dealkylation sites (tertiary alicyclic amines) is 1. The highest BCUT2D eigenvalue weighted by Crippen LogP contribution is 2.23. The summed E-state index contributed by atoms with van der Waals surface area (Å²) < 4.78 is 33.6. The van der Waals surface area contributed by atoms with Gasteiger partial charge >= 0.3 is 0 Å². The van der Waals surface area contributed by atoms with E-state index in [2.05, 4.69) is 10.0 Å². The van der Waals surface area contributed by atoms with Crippen LogP contribution in [-0.2, 0) is 21.4 Å². The van der Waals surface area contributed by atoms with E-state index in [4.69, 9.17) is 4.42 Å². The van der Waals surface area contributed by atoms with Crippen molar-refractivity contribution in [3.63, 3.8) is 0 Å². The highest BCUT2D eigenvalue weighted by atomic mass is 32.2. The molecule has 0 aliphatic carbocycles. The van der Waals surface area contributed by atoms with Crippen molar-refractivity contribution in [2.24, 2.45) is 5.92 Å². The summed E-state index contributed by atoms with van der Waals surface area (Å²) in [5, 5.41) is 2.88. The maximum atomic E-state index is 13.1. The predicted octanol–water partition coefficient (Wildman–Crippen LogP) is 3.87. The minimum atomic E-state index is -3.79. The molecule has 0 saturated carbocycles. The molecule has 4 rings (SSSR count). The lowest BCUT2D eigenvalue weighted by molar-refractivity contribution is -0.126. The summed E-state index contributed by atoms with van der Waals surface area (Å²) in [5.41, 5.74) is 2.35. The molecule has 35 heavy (non-hydrogen) atoms. The maximum Gasteiger partial charge on any atom is 0.262 e. The second-order valence-electron chi connectivity index (χ2n) is 8.82. The smallest absolute Gasteiger partial charge is 0.262 e. The monoisotopic (exact) mass is 495 g/mol. The van der Waals surface area contributed by atoms with Crippen molar-refractivity contribution in [2.75, 3.05) is 17.8 Å². The van der Waals surface area contributed by atoms with Gasteiger partial charge in [-0.3, -0.25) is 14.3 Å². The molecular weight excluding hydrogens is 466 g/mol. The van der Waals surface area contributed by atoms with Crippen LogP contribution in [0.3, 0.4) is 0 Å². The third-order valence-corrected chi connectivity index (χ3v) is 7.69. The van der Waals surface area contributed by atoms with Crippen molar-refractivity contribution in [1.29, 1.82) is 0 Å². The van der Waals surface area contributed by atoms with Gasteiger partial charge in [-0.2, -0.15) is 0 Å². The summed E-state index contributed by atoms with van der Waals surface area (Å²) in [5.74, 6) is 0.298. The van der Waals surface area contributed by atoms with Gasteiger partial charge in [0.1, 0.15) is 5.76 Å². The Hall–Kier alpha value is -3.59. The zero-order chi connectivity index (χ0) is 25.0. The third-order valence-electron chi connectivity index (χ3n) is 6.15. The topological polar surface area (TPSA) is 109 Å². The van der Waals surface area contributed by atoms with E-state index >= 15 is 0 Å². The van der Waals surface area contributed by atoms with Crippen LogP contribution in [0, 0.1) is 19.8 Å². The second kappa shape index (κ2) is 10.4. The van der Waals surface area contributed by atoms with Gasteiger partial charge in [0.15, 0.2) is 0 Å². The summed E-state index contributed by atoms with van der Waals surface area (Å²) in [6.45, 7) is 4.91. The molecule has 1 aliphatic heterocycles. The third kappa shape index (κ3) is 5.92. The fourth-order valence-corrected chi connectivity index (χ4v) is 5.56. The van der Waals surface area contributed by atoms with Crippen molar-refractivity contribution in [3.05, 3.63) is 83.3 Å². The first-order valence-electron chi connectivity index (χ1n) is 11.5. The number of benzene rings is 2. The number of carbonyl (C=O) groups excluding carboxylic acids is 2. The van der Waals surface area contributed by atoms with Crippen molar-refractivity contribution in [1.82, 2.24) is 10.2 Å². The molecule has 2 aromatic carbocycles. The van der Waals surface area contributed by atoms with E-state index in [1.807, 2.05) is 13.0 Å². The van der Waals surface area contributed by atoms with Crippen molar-refractivity contribution in [2.45, 2.75) is 38.1 Å². The number of nitrogens with one attached hydrogen (secondary N) is 2. The van der Waals surface area contributed by atoms with Gasteiger partial charge in [-0.15, -0.1) is 0 Å². The maximum absolute atomic E-state index is 13.1. The largest absolute Gasteiger partial charge is 0.467 e. The van der Waals surface area contributed by atoms with Crippen LogP contribution >= 0.6 is 0 Å². The van der Waals surface area contributed by atoms with Crippen molar-refractivity contribution in [3.8, 4) is 0 Å². The lowest BCUT2D eigenvalue weighted by Gasteiger charge is -2.31. The number of carbonyl (C=O) groups is 2. The average molecular weight is 496 g/mol. The summed E-state index contributed by atoms with van der Waals surface area (Å²) in [7, 11) is -3.79. The molecule has 3 aromatic rings. The number of anilines is 1. The fourth-order valence-electron chi connectivity index (χ4n) is 4.29. The molecule has 2 amide bonds. The second-order valence-corrected chi connectivity index (χ2v) is 10.5. The first kappa shape index (κ1) is 24.5. The molecule has 1 fully saturated rings. The highest BCUT2D eigenvalue weighted by Gasteiger charge is 2.28. The number of hydrogen-bond donors (Lipinski definition) is 2. The van der Waals surface area contributed by atoms with Crippen LogP contribution in [0.4, 0.5) is 5.69 Å². The molecule has 9 heteroatoms. The molecule has 1 aliphatic rings. The first-order valence-corrected chi connectivity index (χ1v) is 13.0. The Kier molecular flexibility index (Phi) is 7.25. The molecule has 0 bridgehead atoms. The summed E-state index contributed by atoms with van der Waals surface area (Å²) in [4.78, 5) is 27.4. The van der Waals surface area contributed by atoms with Gasteiger partial charge in [-0.05, 0) is 68.7 Å². The van der Waals surface area contributed by atoms with E-state index in [1.165, 1.54) is 0 Å². The molecule has 1 saturated heterocycles. The number of aryl methyl sites for hydroxylation is 2. The zero-order valence-electron chi connectivity index (χ0n) is 19.8. The number of sulfonamides is 1. The normalized spacial score (nSPS) is 14.5. The van der Waals surface area contributed by atoms with Gasteiger partial charge in [0.05, 0.1) is 17.7 Å². The minimum absolute atomic E-state index is 0.0451. The molecule has 0 radical (unpaired) electrons. The Bertz CT molecular complexity index is 1310. The molecule has 2 N–H and O–H groups in total. The van der Waals surface area contributed by atoms with Gasteiger partial charge in [0.2, 0.25) is 5.91 Å². The van der Waals surface area contributed by atoms with Gasteiger partial charge in [0.25, 0.3) is 15.9 Å². The SMILES string of the molecule is Cc1ccc(S(=O)(=O)Nc2cccc(C(=O)N3CCC(C(=O)NCc4ccco4)CC3)c2)c(C)c1. The number of amides is 2. The Morgan fingerprint density at radius 3 is 2.49 bits per heavy atom. The van der Waals surface area contributed by atoms with Gasteiger partial charge < -0.3 is 14.6 Å². The fraction of sp³-hybridized carbons (Fsp3) is 0.308. The Labute approximate surface area is 205 Å². The van der Waals surface area contributed by atoms with Gasteiger partial charge in [0, 0.05) is 30.3 Å². The average Bonchev–Trinajstić information content (AvgIpc) is 3.35. The lowest BCUT2D eigenvalue weighted by Crippen LogP contribution is -2.42. The molecule has 8 nitrogen and oxygen atoms in total. The molecule has 0 spiro atoms. The molecule has 0 atom stereocenters. The van der Waals surface area contributed by atoms with E-state index < -0.39 is 10.0 Å². The minimum Gasteiger partial charge on any atom is -0.467 e. The van der Waals surface area contributed by atoms with Crippen LogP contribution in [0.2, 0.25) is 0 Å². The van der Waals surface area contributed by atoms with E-state index in [-0.39, 0.29) is 22.6 Å². The number of piperidine rings is 1. The Morgan fingerprint density at radius 1 is 1.03 bits per heavy atom. The quantitative estimate of drug-likeness (QED) is 0.517. The van der Waals surface area contributed by atoms with E-state index in [0.29, 0.717) is 55.1 Å². The van der Waals surface area contributed by atoms with Crippen LogP contribution in [0.5, 0.6) is 0 Å². The van der Waals surface area contributed by atoms with Crippen LogP contribution in [0.25, 0.3) is 0 Å². The lowest BCUT2D eigenvalue weighted by atomic mass is 9.95. The molecular formula is C26H29N3O5S. The predicted molar refractivity (Wildman–Crippen MR) is 132 cm³/mol. The molecule has 1 aromatic heterocycles. The zero-order valence-corrected chi connectivity index (χ0v) is 20.6. The summed E-state index contributed by atoms with van der Waals surface area (Å²) in [6, 6.07) is 15.2. The Morgan fingerprint density at radius 2 is 1.80 bits per heavy atom. The number of hydrogen-bond acceptors (Lipinski definition) is 5. The number of furan rings is 1. The van der Waals surface area contributed by atoms with Crippen LogP contribution in [0.1, 0.15) is 40.1 Å². The molecule has 2 heterocycles. The van der Waals surface area contributed by atoms with Crippen LogP contribution < -0.4 is 10.0 Å². The van der Waals surface area contributed by atoms with E-state index in [1.54, 1.807) is 66.6 Å². The number of nitrogens with zero attached hydrogens (tertiary/aromatic N) is 1. The van der Waals surface area contributed by atoms with E-state index in [9.17, 15) is 18.0 Å². The van der Waals surface area contributed by atoms with Gasteiger partial charge in [-0.1, -0.05) is 23.8 Å². The summed E-state index contributed by atoms with van der Waals surface area (Å²) in [6.07, 6.45) is 2.69. The highest BCUT2D eigenvalue weighted by molar-refractivity contribution is 7.92.